The number of rotatable bonds is 9. The van der Waals surface area contributed by atoms with E-state index in [9.17, 15) is 14.4 Å². The number of hydrogen-bond donors (Lipinski definition) is 2. The van der Waals surface area contributed by atoms with E-state index in [1.165, 1.54) is 16.3 Å². The maximum atomic E-state index is 11.9. The van der Waals surface area contributed by atoms with Crippen LogP contribution in [0.1, 0.15) is 38.7 Å². The Labute approximate surface area is 153 Å². The Bertz CT molecular complexity index is 797. The summed E-state index contributed by atoms with van der Waals surface area (Å²) >= 11 is 0. The molecule has 0 aromatic heterocycles. The summed E-state index contributed by atoms with van der Waals surface area (Å²) in [4.78, 5) is 34.8. The second kappa shape index (κ2) is 9.13. The molecule has 0 saturated carbocycles. The second-order valence-electron chi connectivity index (χ2n) is 6.85. The highest BCUT2D eigenvalue weighted by Crippen LogP contribution is 2.17. The van der Waals surface area contributed by atoms with Crippen molar-refractivity contribution in [3.63, 3.8) is 0 Å². The average molecular weight is 355 g/mol. The summed E-state index contributed by atoms with van der Waals surface area (Å²) in [5, 5.41) is 13.8. The number of unbranched alkanes of at least 4 members (excludes halogenated alkanes) is 1. The Hall–Kier alpha value is -2.69. The van der Waals surface area contributed by atoms with Crippen molar-refractivity contribution in [2.24, 2.45) is 5.92 Å². The third kappa shape index (κ3) is 5.41. The lowest BCUT2D eigenvalue weighted by Crippen LogP contribution is -2.46. The van der Waals surface area contributed by atoms with Crippen molar-refractivity contribution in [2.75, 3.05) is 0 Å². The van der Waals surface area contributed by atoms with Crippen LogP contribution in [0, 0.1) is 5.92 Å². The van der Waals surface area contributed by atoms with E-state index in [0.29, 0.717) is 6.42 Å². The van der Waals surface area contributed by atoms with Gasteiger partial charge < -0.3 is 10.4 Å². The van der Waals surface area contributed by atoms with E-state index in [1.54, 1.807) is 13.8 Å². The van der Waals surface area contributed by atoms with Crippen LogP contribution in [0.4, 0.5) is 0 Å². The third-order valence-corrected chi connectivity index (χ3v) is 4.41. The van der Waals surface area contributed by atoms with Gasteiger partial charge in [-0.15, -0.1) is 0 Å². The Morgan fingerprint density at radius 1 is 1.00 bits per heavy atom. The summed E-state index contributed by atoms with van der Waals surface area (Å²) in [6.07, 6.45) is 2.36. The van der Waals surface area contributed by atoms with E-state index in [0.717, 1.165) is 12.8 Å². The first-order valence-corrected chi connectivity index (χ1v) is 8.92. The first-order chi connectivity index (χ1) is 12.4. The van der Waals surface area contributed by atoms with Crippen molar-refractivity contribution < 1.29 is 19.5 Å². The highest BCUT2D eigenvalue weighted by Gasteiger charge is 2.25. The number of Topliss-reactive ketones (excluding diaryl/α,β-unsaturated/α-hetero) is 1. The predicted octanol–water partition coefficient (Wildman–Crippen LogP) is 3.35. The quantitative estimate of drug-likeness (QED) is 0.534. The maximum absolute atomic E-state index is 11.9. The van der Waals surface area contributed by atoms with Gasteiger partial charge in [-0.3, -0.25) is 9.59 Å². The van der Waals surface area contributed by atoms with E-state index in [1.807, 2.05) is 12.1 Å². The molecule has 0 radical (unpaired) electrons. The largest absolute Gasteiger partial charge is 0.480 e. The van der Waals surface area contributed by atoms with Gasteiger partial charge in [0.2, 0.25) is 5.78 Å². The highest BCUT2D eigenvalue weighted by molar-refractivity contribution is 6.36. The molecule has 2 aromatic carbocycles. The molecule has 1 amide bonds. The van der Waals surface area contributed by atoms with Crippen molar-refractivity contribution in [1.29, 1.82) is 0 Å². The monoisotopic (exact) mass is 355 g/mol. The number of fused-ring (bicyclic) bond motifs is 1. The van der Waals surface area contributed by atoms with Crippen molar-refractivity contribution >= 4 is 28.4 Å². The molecule has 0 aliphatic carbocycles. The molecule has 0 aliphatic rings. The summed E-state index contributed by atoms with van der Waals surface area (Å²) < 4.78 is 0. The minimum atomic E-state index is -1.13. The SMILES string of the molecule is CC(C)[C@H](NC(=O)C(=O)CCCCc1ccc2ccccc2c1)C(=O)O. The number of carboxylic acid groups (broad SMARTS) is 1. The lowest BCUT2D eigenvalue weighted by atomic mass is 10.0. The van der Waals surface area contributed by atoms with Crippen LogP contribution < -0.4 is 5.32 Å². The Morgan fingerprint density at radius 2 is 1.69 bits per heavy atom. The van der Waals surface area contributed by atoms with Gasteiger partial charge in [-0.05, 0) is 41.5 Å². The normalized spacial score (nSPS) is 12.1. The second-order valence-corrected chi connectivity index (χ2v) is 6.85. The first-order valence-electron chi connectivity index (χ1n) is 8.92. The van der Waals surface area contributed by atoms with Crippen LogP contribution in [-0.2, 0) is 20.8 Å². The zero-order valence-corrected chi connectivity index (χ0v) is 15.2. The highest BCUT2D eigenvalue weighted by atomic mass is 16.4. The van der Waals surface area contributed by atoms with Gasteiger partial charge in [-0.1, -0.05) is 56.3 Å². The van der Waals surface area contributed by atoms with Crippen molar-refractivity contribution in [2.45, 2.75) is 45.6 Å². The summed E-state index contributed by atoms with van der Waals surface area (Å²) in [5.74, 6) is -2.78. The Balaban J connectivity index is 1.78. The molecule has 26 heavy (non-hydrogen) atoms. The van der Waals surface area contributed by atoms with E-state index in [-0.39, 0.29) is 12.3 Å². The van der Waals surface area contributed by atoms with Gasteiger partial charge in [0, 0.05) is 6.42 Å². The number of benzene rings is 2. The number of ketones is 1. The molecule has 0 spiro atoms. The predicted molar refractivity (Wildman–Crippen MR) is 101 cm³/mol. The molecule has 138 valence electrons. The molecule has 1 atom stereocenters. The lowest BCUT2D eigenvalue weighted by molar-refractivity contribution is -0.145. The molecule has 5 heteroatoms. The molecule has 2 rings (SSSR count). The van der Waals surface area contributed by atoms with Crippen LogP contribution in [0.5, 0.6) is 0 Å². The topological polar surface area (TPSA) is 83.5 Å². The van der Waals surface area contributed by atoms with E-state index in [2.05, 4.69) is 35.6 Å². The average Bonchev–Trinajstić information content (AvgIpc) is 2.62. The summed E-state index contributed by atoms with van der Waals surface area (Å²) in [6.45, 7) is 3.38. The number of carbonyl (C=O) groups excluding carboxylic acids is 2. The molecule has 0 aliphatic heterocycles. The van der Waals surface area contributed by atoms with Crippen LogP contribution in [0.25, 0.3) is 10.8 Å². The molecule has 2 aromatic rings. The van der Waals surface area contributed by atoms with Crippen LogP contribution in [0.15, 0.2) is 42.5 Å². The van der Waals surface area contributed by atoms with Crippen molar-refractivity contribution in [3.05, 3.63) is 48.0 Å². The molecule has 0 saturated heterocycles. The lowest BCUT2D eigenvalue weighted by Gasteiger charge is -2.17. The summed E-state index contributed by atoms with van der Waals surface area (Å²) in [7, 11) is 0. The maximum Gasteiger partial charge on any atom is 0.326 e. The number of carbonyl (C=O) groups is 3. The number of hydrogen-bond acceptors (Lipinski definition) is 3. The number of amides is 1. The standard InChI is InChI=1S/C21H25NO4/c1-14(2)19(21(25)26)22-20(24)18(23)10-6-3-7-15-11-12-16-8-4-5-9-17(16)13-15/h4-5,8-9,11-14,19H,3,6-7,10H2,1-2H3,(H,22,24)(H,25,26)/t19-/m0/s1. The summed E-state index contributed by atoms with van der Waals surface area (Å²) in [5.41, 5.74) is 1.20. The number of nitrogens with one attached hydrogen (secondary N) is 1. The molecule has 2 N–H and O–H groups in total. The van der Waals surface area contributed by atoms with Crippen molar-refractivity contribution in [1.82, 2.24) is 5.32 Å². The molecular weight excluding hydrogens is 330 g/mol. The van der Waals surface area contributed by atoms with Crippen molar-refractivity contribution in [3.8, 4) is 0 Å². The fraction of sp³-hybridized carbons (Fsp3) is 0.381. The first kappa shape index (κ1) is 19.6. The van der Waals surface area contributed by atoms with E-state index < -0.39 is 23.7 Å². The molecule has 5 nitrogen and oxygen atoms in total. The third-order valence-electron chi connectivity index (χ3n) is 4.41. The van der Waals surface area contributed by atoms with Gasteiger partial charge in [0.15, 0.2) is 0 Å². The van der Waals surface area contributed by atoms with Gasteiger partial charge in [0.05, 0.1) is 0 Å². The molecular formula is C21H25NO4. The minimum Gasteiger partial charge on any atom is -0.480 e. The fourth-order valence-corrected chi connectivity index (χ4v) is 2.86. The number of aryl methyl sites for hydroxylation is 1. The van der Waals surface area contributed by atoms with Crippen LogP contribution in [-0.4, -0.2) is 28.8 Å². The van der Waals surface area contributed by atoms with E-state index >= 15 is 0 Å². The minimum absolute atomic E-state index is 0.129. The van der Waals surface area contributed by atoms with Gasteiger partial charge >= 0.3 is 5.97 Å². The van der Waals surface area contributed by atoms with Crippen LogP contribution in [0.3, 0.4) is 0 Å². The molecule has 0 heterocycles. The fourth-order valence-electron chi connectivity index (χ4n) is 2.86. The summed E-state index contributed by atoms with van der Waals surface area (Å²) in [6, 6.07) is 13.4. The van der Waals surface area contributed by atoms with Gasteiger partial charge in [0.1, 0.15) is 6.04 Å². The van der Waals surface area contributed by atoms with Crippen LogP contribution >= 0.6 is 0 Å². The zero-order valence-electron chi connectivity index (χ0n) is 15.2. The number of carboxylic acids is 1. The Morgan fingerprint density at radius 3 is 2.35 bits per heavy atom. The van der Waals surface area contributed by atoms with Gasteiger partial charge in [0.25, 0.3) is 5.91 Å². The molecule has 0 bridgehead atoms. The molecule has 0 unspecified atom stereocenters. The van der Waals surface area contributed by atoms with Crippen LogP contribution in [0.2, 0.25) is 0 Å². The number of aliphatic carboxylic acids is 1. The molecule has 0 fully saturated rings. The Kier molecular flexibility index (Phi) is 6.89. The van der Waals surface area contributed by atoms with Gasteiger partial charge in [-0.25, -0.2) is 4.79 Å². The van der Waals surface area contributed by atoms with Gasteiger partial charge in [-0.2, -0.15) is 0 Å². The smallest absolute Gasteiger partial charge is 0.326 e. The zero-order chi connectivity index (χ0) is 19.1. The van der Waals surface area contributed by atoms with E-state index in [4.69, 9.17) is 5.11 Å².